The number of nitrogens with one attached hydrogen (secondary N) is 1. The van der Waals surface area contributed by atoms with E-state index in [2.05, 4.69) is 19.9 Å². The fraction of sp³-hybridized carbons (Fsp3) is 0.167. The zero-order valence-electron chi connectivity index (χ0n) is 10.5. The number of H-pyrrole nitrogens is 1. The third-order valence-electron chi connectivity index (χ3n) is 2.78. The van der Waals surface area contributed by atoms with Gasteiger partial charge in [0.1, 0.15) is 22.6 Å². The molecule has 0 unspecified atom stereocenters. The van der Waals surface area contributed by atoms with Crippen LogP contribution in [0.4, 0.5) is 0 Å². The molecule has 0 bridgehead atoms. The average molecular weight is 290 g/mol. The first kappa shape index (κ1) is 12.7. The number of carbonyl (C=O) groups is 1. The van der Waals surface area contributed by atoms with E-state index in [1.807, 2.05) is 0 Å². The summed E-state index contributed by atoms with van der Waals surface area (Å²) in [5.41, 5.74) is 2.22. The Hall–Kier alpha value is -2.35. The van der Waals surface area contributed by atoms with Crippen LogP contribution in [0.25, 0.3) is 11.2 Å². The Morgan fingerprint density at radius 3 is 3.05 bits per heavy atom. The minimum absolute atomic E-state index is 0.0486. The molecule has 3 rings (SSSR count). The molecule has 3 aromatic rings. The van der Waals surface area contributed by atoms with Crippen molar-refractivity contribution in [2.75, 3.05) is 0 Å². The Bertz CT molecular complexity index is 780. The number of aryl methyl sites for hydroxylation is 1. The van der Waals surface area contributed by atoms with Gasteiger partial charge in [0, 0.05) is 11.3 Å². The van der Waals surface area contributed by atoms with Gasteiger partial charge in [0.15, 0.2) is 5.65 Å². The lowest BCUT2D eigenvalue weighted by molar-refractivity contribution is 0.0661. The molecule has 0 aliphatic rings. The zero-order valence-corrected chi connectivity index (χ0v) is 11.3. The predicted molar refractivity (Wildman–Crippen MR) is 71.6 cm³/mol. The Balaban J connectivity index is 1.83. The van der Waals surface area contributed by atoms with Gasteiger partial charge in [-0.05, 0) is 13.0 Å². The molecular weight excluding hydrogens is 280 g/mol. The molecule has 0 fully saturated rings. The number of carboxylic acids is 1. The van der Waals surface area contributed by atoms with Crippen LogP contribution in [0.1, 0.15) is 21.9 Å². The van der Waals surface area contributed by atoms with Crippen molar-refractivity contribution in [2.24, 2.45) is 0 Å². The van der Waals surface area contributed by atoms with Crippen molar-refractivity contribution in [3.63, 3.8) is 0 Å². The van der Waals surface area contributed by atoms with Crippen molar-refractivity contribution in [3.05, 3.63) is 35.8 Å². The van der Waals surface area contributed by atoms with Gasteiger partial charge >= 0.3 is 5.97 Å². The molecule has 0 atom stereocenters. The number of aromatic nitrogens is 4. The maximum absolute atomic E-state index is 10.8. The van der Waals surface area contributed by atoms with Crippen LogP contribution in [0.15, 0.2) is 28.2 Å². The molecule has 0 amide bonds. The van der Waals surface area contributed by atoms with Gasteiger partial charge in [-0.25, -0.2) is 19.7 Å². The molecule has 20 heavy (non-hydrogen) atoms. The zero-order chi connectivity index (χ0) is 14.1. The molecule has 3 heterocycles. The summed E-state index contributed by atoms with van der Waals surface area (Å²) in [4.78, 5) is 26.1. The summed E-state index contributed by atoms with van der Waals surface area (Å²) in [7, 11) is 0. The van der Waals surface area contributed by atoms with Gasteiger partial charge in [-0.1, -0.05) is 11.8 Å². The highest BCUT2D eigenvalue weighted by Crippen LogP contribution is 2.27. The Morgan fingerprint density at radius 1 is 1.45 bits per heavy atom. The molecule has 102 valence electrons. The summed E-state index contributed by atoms with van der Waals surface area (Å²) in [5.74, 6) is 0.0490. The fourth-order valence-corrected chi connectivity index (χ4v) is 2.76. The van der Waals surface area contributed by atoms with Crippen LogP contribution in [0.3, 0.4) is 0 Å². The average Bonchev–Trinajstić information content (AvgIpc) is 3.03. The molecule has 7 nitrogen and oxygen atoms in total. The highest BCUT2D eigenvalue weighted by Gasteiger charge is 2.14. The Kier molecular flexibility index (Phi) is 3.15. The first-order valence-electron chi connectivity index (χ1n) is 5.74. The molecule has 2 N–H and O–H groups in total. The van der Waals surface area contributed by atoms with Gasteiger partial charge < -0.3 is 14.5 Å². The molecular formula is C12H10N4O3S. The monoisotopic (exact) mass is 290 g/mol. The number of hydrogen-bond donors (Lipinski definition) is 2. The van der Waals surface area contributed by atoms with E-state index in [0.717, 1.165) is 16.1 Å². The van der Waals surface area contributed by atoms with Gasteiger partial charge in [-0.3, -0.25) is 0 Å². The van der Waals surface area contributed by atoms with E-state index in [9.17, 15) is 4.79 Å². The van der Waals surface area contributed by atoms with Gasteiger partial charge in [-0.15, -0.1) is 0 Å². The number of aromatic amines is 1. The molecule has 0 spiro atoms. The van der Waals surface area contributed by atoms with Gasteiger partial charge in [0.25, 0.3) is 0 Å². The molecule has 8 heteroatoms. The fourth-order valence-electron chi connectivity index (χ4n) is 1.77. The molecule has 0 saturated heterocycles. The number of carboxylic acid groups (broad SMARTS) is 1. The van der Waals surface area contributed by atoms with E-state index < -0.39 is 5.97 Å². The second-order valence-corrected chi connectivity index (χ2v) is 5.03. The lowest BCUT2D eigenvalue weighted by Gasteiger charge is -2.00. The third kappa shape index (κ3) is 2.25. The number of furan rings is 1. The van der Waals surface area contributed by atoms with E-state index in [1.54, 1.807) is 13.3 Å². The number of aromatic carboxylic acids is 1. The number of hydrogen-bond acceptors (Lipinski definition) is 6. The highest BCUT2D eigenvalue weighted by atomic mass is 32.2. The summed E-state index contributed by atoms with van der Waals surface area (Å²) in [6.07, 6.45) is 3.02. The van der Waals surface area contributed by atoms with Gasteiger partial charge in [0.2, 0.25) is 5.76 Å². The molecule has 3 aromatic heterocycles. The van der Waals surface area contributed by atoms with Crippen LogP contribution in [0.2, 0.25) is 0 Å². The van der Waals surface area contributed by atoms with Crippen molar-refractivity contribution >= 4 is 28.9 Å². The molecule has 0 radical (unpaired) electrons. The van der Waals surface area contributed by atoms with Crippen molar-refractivity contribution in [1.82, 2.24) is 19.9 Å². The lowest BCUT2D eigenvalue weighted by Crippen LogP contribution is -1.91. The largest absolute Gasteiger partial charge is 0.475 e. The summed E-state index contributed by atoms with van der Waals surface area (Å²) in [5, 5.41) is 9.66. The smallest absolute Gasteiger partial charge is 0.371 e. The summed E-state index contributed by atoms with van der Waals surface area (Å²) < 4.78 is 5.17. The van der Waals surface area contributed by atoms with Crippen LogP contribution in [-0.2, 0) is 5.75 Å². The molecule has 0 aromatic carbocycles. The lowest BCUT2D eigenvalue weighted by atomic mass is 10.3. The highest BCUT2D eigenvalue weighted by molar-refractivity contribution is 7.98. The van der Waals surface area contributed by atoms with Gasteiger partial charge in [0.05, 0.1) is 6.33 Å². The van der Waals surface area contributed by atoms with E-state index in [-0.39, 0.29) is 5.76 Å². The van der Waals surface area contributed by atoms with Crippen LogP contribution < -0.4 is 0 Å². The minimum Gasteiger partial charge on any atom is -0.475 e. The van der Waals surface area contributed by atoms with Gasteiger partial charge in [-0.2, -0.15) is 0 Å². The summed E-state index contributed by atoms with van der Waals surface area (Å²) in [6.45, 7) is 1.74. The van der Waals surface area contributed by atoms with E-state index in [1.165, 1.54) is 24.2 Å². The van der Waals surface area contributed by atoms with Crippen LogP contribution >= 0.6 is 11.8 Å². The predicted octanol–water partition coefficient (Wildman–Crippen LogP) is 2.24. The second-order valence-electron chi connectivity index (χ2n) is 4.07. The maximum Gasteiger partial charge on any atom is 0.371 e. The summed E-state index contributed by atoms with van der Waals surface area (Å²) >= 11 is 1.47. The second kappa shape index (κ2) is 4.97. The number of imidazole rings is 1. The quantitative estimate of drug-likeness (QED) is 0.560. The number of nitrogens with zero attached hydrogens (tertiary/aromatic N) is 3. The van der Waals surface area contributed by atoms with Crippen LogP contribution in [0.5, 0.6) is 0 Å². The van der Waals surface area contributed by atoms with E-state index >= 15 is 0 Å². The Morgan fingerprint density at radius 2 is 2.30 bits per heavy atom. The first-order chi connectivity index (χ1) is 9.65. The number of thioether (sulfide) groups is 1. The van der Waals surface area contributed by atoms with E-state index in [4.69, 9.17) is 9.52 Å². The maximum atomic E-state index is 10.8. The van der Waals surface area contributed by atoms with Crippen molar-refractivity contribution < 1.29 is 14.3 Å². The molecule has 0 aliphatic heterocycles. The van der Waals surface area contributed by atoms with Crippen LogP contribution in [0, 0.1) is 6.92 Å². The van der Waals surface area contributed by atoms with Crippen LogP contribution in [-0.4, -0.2) is 31.0 Å². The van der Waals surface area contributed by atoms with Crippen molar-refractivity contribution in [3.8, 4) is 0 Å². The normalized spacial score (nSPS) is 11.1. The Labute approximate surface area is 117 Å². The summed E-state index contributed by atoms with van der Waals surface area (Å²) in [6, 6.07) is 1.54. The standard InChI is InChI=1S/C12H10N4O3S/c1-6-7(2-8(19-6)12(17)18)3-20-11-9-10(14-4-13-9)15-5-16-11/h2,4-5H,3H2,1H3,(H,17,18)(H,13,14,15,16). The SMILES string of the molecule is Cc1oc(C(=O)O)cc1CSc1ncnc2nc[nH]c12. The minimum atomic E-state index is -1.07. The third-order valence-corrected chi connectivity index (χ3v) is 3.82. The van der Waals surface area contributed by atoms with Crippen molar-refractivity contribution in [2.45, 2.75) is 17.7 Å². The van der Waals surface area contributed by atoms with E-state index in [0.29, 0.717) is 17.2 Å². The topological polar surface area (TPSA) is 105 Å². The first-order valence-corrected chi connectivity index (χ1v) is 6.73. The number of rotatable bonds is 4. The van der Waals surface area contributed by atoms with Crippen molar-refractivity contribution in [1.29, 1.82) is 0 Å². The number of fused-ring (bicyclic) bond motifs is 1. The molecule has 0 saturated carbocycles. The molecule has 0 aliphatic carbocycles.